The monoisotopic (exact) mass is 317 g/mol. The van der Waals surface area contributed by atoms with Gasteiger partial charge in [0.1, 0.15) is 0 Å². The van der Waals surface area contributed by atoms with Crippen LogP contribution in [0.5, 0.6) is 0 Å². The molecule has 0 bridgehead atoms. The second kappa shape index (κ2) is 4.81. The molecule has 1 aromatic carbocycles. The summed E-state index contributed by atoms with van der Waals surface area (Å²) in [6, 6.07) is 8.22. The van der Waals surface area contributed by atoms with Gasteiger partial charge in [-0.2, -0.15) is 4.98 Å². The van der Waals surface area contributed by atoms with Crippen molar-refractivity contribution in [1.29, 1.82) is 0 Å². The predicted octanol–water partition coefficient (Wildman–Crippen LogP) is 3.49. The van der Waals surface area contributed by atoms with Crippen LogP contribution in [0, 0.1) is 6.92 Å². The van der Waals surface area contributed by atoms with E-state index in [0.717, 1.165) is 15.6 Å². The zero-order chi connectivity index (χ0) is 14.4. The highest BCUT2D eigenvalue weighted by Gasteiger charge is 2.19. The Hall–Kier alpha value is -1.93. The van der Waals surface area contributed by atoms with Crippen LogP contribution < -0.4 is 0 Å². The molecule has 0 aliphatic carbocycles. The third-order valence-electron chi connectivity index (χ3n) is 3.08. The molecule has 0 radical (unpaired) electrons. The first-order valence-corrected chi connectivity index (χ1v) is 8.11. The Kier molecular flexibility index (Phi) is 2.93. The largest absolute Gasteiger partial charge is 0.338 e. The van der Waals surface area contributed by atoms with Gasteiger partial charge in [0.2, 0.25) is 10.9 Å². The summed E-state index contributed by atoms with van der Waals surface area (Å²) in [6.07, 6.45) is 0. The third-order valence-corrected chi connectivity index (χ3v) is 5.13. The number of hydrogen-bond donors (Lipinski definition) is 0. The summed E-state index contributed by atoms with van der Waals surface area (Å²) in [5.41, 5.74) is 1.12. The number of nitrogens with zero attached hydrogens (tertiary/aromatic N) is 5. The molecule has 21 heavy (non-hydrogen) atoms. The lowest BCUT2D eigenvalue weighted by molar-refractivity contribution is 0.376. The first kappa shape index (κ1) is 12.8. The fourth-order valence-electron chi connectivity index (χ4n) is 2.12. The van der Waals surface area contributed by atoms with Crippen molar-refractivity contribution in [3.63, 3.8) is 0 Å². The van der Waals surface area contributed by atoms with Crippen LogP contribution >= 0.6 is 23.1 Å². The molecule has 4 rings (SSSR count). The summed E-state index contributed by atoms with van der Waals surface area (Å²) in [6.45, 7) is 3.83. The van der Waals surface area contributed by atoms with Crippen LogP contribution in [-0.2, 0) is 0 Å². The number of hydrogen-bond acceptors (Lipinski definition) is 7. The van der Waals surface area contributed by atoms with Crippen molar-refractivity contribution in [2.45, 2.75) is 24.3 Å². The number of para-hydroxylation sites is 1. The lowest BCUT2D eigenvalue weighted by Gasteiger charge is -2.03. The molecule has 0 saturated heterocycles. The highest BCUT2D eigenvalue weighted by molar-refractivity contribution is 7.99. The number of aromatic nitrogens is 5. The Morgan fingerprint density at radius 1 is 1.29 bits per heavy atom. The van der Waals surface area contributed by atoms with E-state index >= 15 is 0 Å². The lowest BCUT2D eigenvalue weighted by Crippen LogP contribution is -1.92. The Labute approximate surface area is 128 Å². The summed E-state index contributed by atoms with van der Waals surface area (Å²) < 4.78 is 8.49. The van der Waals surface area contributed by atoms with E-state index in [1.807, 2.05) is 26.0 Å². The predicted molar refractivity (Wildman–Crippen MR) is 81.7 cm³/mol. The van der Waals surface area contributed by atoms with Crippen molar-refractivity contribution in [3.8, 4) is 0 Å². The molecule has 0 saturated carbocycles. The van der Waals surface area contributed by atoms with E-state index < -0.39 is 0 Å². The summed E-state index contributed by atoms with van der Waals surface area (Å²) in [5, 5.41) is 13.2. The maximum atomic E-state index is 5.22. The zero-order valence-electron chi connectivity index (χ0n) is 11.3. The highest BCUT2D eigenvalue weighted by Crippen LogP contribution is 2.36. The second-order valence-corrected chi connectivity index (χ2v) is 6.93. The zero-order valence-corrected chi connectivity index (χ0v) is 13.0. The fourth-order valence-corrected chi connectivity index (χ4v) is 4.03. The van der Waals surface area contributed by atoms with E-state index in [-0.39, 0.29) is 5.25 Å². The molecule has 0 amide bonds. The number of aryl methyl sites for hydroxylation is 1. The first-order valence-electron chi connectivity index (χ1n) is 6.42. The Balaban J connectivity index is 1.76. The first-order chi connectivity index (χ1) is 10.2. The van der Waals surface area contributed by atoms with Gasteiger partial charge in [0.05, 0.1) is 15.5 Å². The van der Waals surface area contributed by atoms with Gasteiger partial charge in [-0.25, -0.2) is 0 Å². The van der Waals surface area contributed by atoms with Gasteiger partial charge in [0.15, 0.2) is 11.0 Å². The molecule has 4 aromatic rings. The second-order valence-electron chi connectivity index (χ2n) is 4.61. The maximum Gasteiger partial charge on any atom is 0.239 e. The summed E-state index contributed by atoms with van der Waals surface area (Å²) in [7, 11) is 0. The molecule has 6 nitrogen and oxygen atoms in total. The van der Waals surface area contributed by atoms with Crippen molar-refractivity contribution < 1.29 is 4.52 Å². The van der Waals surface area contributed by atoms with Crippen LogP contribution in [-0.4, -0.2) is 24.7 Å². The summed E-state index contributed by atoms with van der Waals surface area (Å²) in [4.78, 5) is 5.16. The van der Waals surface area contributed by atoms with Crippen molar-refractivity contribution in [2.75, 3.05) is 0 Å². The standard InChI is InChI=1S/C13H11N5OS2/c1-7(11-14-8(2)17-19-11)20-12-15-16-13-18(12)9-5-3-4-6-10(9)21-13/h3-7H,1-2H3/t7-/m0/s1. The molecule has 0 spiro atoms. The average molecular weight is 317 g/mol. The quantitative estimate of drug-likeness (QED) is 0.539. The average Bonchev–Trinajstić information content (AvgIpc) is 3.15. The van der Waals surface area contributed by atoms with Gasteiger partial charge in [-0.1, -0.05) is 40.4 Å². The molecular weight excluding hydrogens is 306 g/mol. The Bertz CT molecular complexity index is 925. The van der Waals surface area contributed by atoms with E-state index in [1.165, 1.54) is 4.70 Å². The SMILES string of the molecule is Cc1noc([C@H](C)Sc2nnc3sc4ccccc4n23)n1. The van der Waals surface area contributed by atoms with Crippen molar-refractivity contribution in [3.05, 3.63) is 36.0 Å². The number of fused-ring (bicyclic) bond motifs is 3. The minimum Gasteiger partial charge on any atom is -0.338 e. The van der Waals surface area contributed by atoms with Gasteiger partial charge in [0.25, 0.3) is 0 Å². The molecule has 1 atom stereocenters. The molecule has 0 N–H and O–H groups in total. The smallest absolute Gasteiger partial charge is 0.239 e. The van der Waals surface area contributed by atoms with Crippen LogP contribution in [0.1, 0.15) is 23.9 Å². The van der Waals surface area contributed by atoms with E-state index in [0.29, 0.717) is 11.7 Å². The van der Waals surface area contributed by atoms with Gasteiger partial charge in [-0.3, -0.25) is 4.40 Å². The topological polar surface area (TPSA) is 69.1 Å². The van der Waals surface area contributed by atoms with Crippen LogP contribution in [0.25, 0.3) is 15.2 Å². The van der Waals surface area contributed by atoms with Gasteiger partial charge in [0, 0.05) is 0 Å². The molecule has 0 aliphatic heterocycles. The van der Waals surface area contributed by atoms with E-state index in [4.69, 9.17) is 4.52 Å². The van der Waals surface area contributed by atoms with Gasteiger partial charge >= 0.3 is 0 Å². The molecule has 3 aromatic heterocycles. The summed E-state index contributed by atoms with van der Waals surface area (Å²) >= 11 is 3.20. The van der Waals surface area contributed by atoms with Gasteiger partial charge in [-0.05, 0) is 26.0 Å². The Morgan fingerprint density at radius 2 is 2.14 bits per heavy atom. The van der Waals surface area contributed by atoms with Crippen LogP contribution in [0.3, 0.4) is 0 Å². The lowest BCUT2D eigenvalue weighted by atomic mass is 10.3. The number of rotatable bonds is 3. The number of thioether (sulfide) groups is 1. The highest BCUT2D eigenvalue weighted by atomic mass is 32.2. The minimum absolute atomic E-state index is 0.0252. The Morgan fingerprint density at radius 3 is 2.95 bits per heavy atom. The number of benzene rings is 1. The van der Waals surface area contributed by atoms with E-state index in [1.54, 1.807) is 23.1 Å². The van der Waals surface area contributed by atoms with Gasteiger partial charge < -0.3 is 4.52 Å². The van der Waals surface area contributed by atoms with Crippen LogP contribution in [0.4, 0.5) is 0 Å². The summed E-state index contributed by atoms with van der Waals surface area (Å²) in [5.74, 6) is 1.25. The van der Waals surface area contributed by atoms with Crippen LogP contribution in [0.15, 0.2) is 33.9 Å². The molecular formula is C13H11N5OS2. The molecule has 106 valence electrons. The molecule has 0 unspecified atom stereocenters. The number of thiazole rings is 1. The van der Waals surface area contributed by atoms with Gasteiger partial charge in [-0.15, -0.1) is 10.2 Å². The van der Waals surface area contributed by atoms with Crippen LogP contribution in [0.2, 0.25) is 0 Å². The van der Waals surface area contributed by atoms with E-state index in [2.05, 4.69) is 36.9 Å². The molecule has 3 heterocycles. The molecule has 8 heteroatoms. The van der Waals surface area contributed by atoms with Crippen molar-refractivity contribution in [1.82, 2.24) is 24.7 Å². The molecule has 0 fully saturated rings. The van der Waals surface area contributed by atoms with Crippen molar-refractivity contribution >= 4 is 38.3 Å². The molecule has 0 aliphatic rings. The maximum absolute atomic E-state index is 5.22. The van der Waals surface area contributed by atoms with E-state index in [9.17, 15) is 0 Å². The third kappa shape index (κ3) is 2.11. The minimum atomic E-state index is 0.0252. The fraction of sp³-hybridized carbons (Fsp3) is 0.231. The van der Waals surface area contributed by atoms with Crippen molar-refractivity contribution in [2.24, 2.45) is 0 Å². The normalized spacial score (nSPS) is 13.2.